The van der Waals surface area contributed by atoms with E-state index in [4.69, 9.17) is 16.3 Å². The molecule has 0 unspecified atom stereocenters. The molecule has 0 aliphatic carbocycles. The first-order chi connectivity index (χ1) is 9.47. The molecule has 4 nitrogen and oxygen atoms in total. The first-order valence-electron chi connectivity index (χ1n) is 5.48. The van der Waals surface area contributed by atoms with Gasteiger partial charge >= 0.3 is 0 Å². The Labute approximate surface area is 127 Å². The van der Waals surface area contributed by atoms with E-state index in [9.17, 15) is 14.5 Å². The summed E-state index contributed by atoms with van der Waals surface area (Å²) >= 11 is 8.76. The van der Waals surface area contributed by atoms with Crippen LogP contribution in [-0.4, -0.2) is 4.92 Å². The van der Waals surface area contributed by atoms with Crippen LogP contribution < -0.4 is 4.74 Å². The second kappa shape index (κ2) is 6.19. The molecule has 0 radical (unpaired) electrons. The third-order valence-corrected chi connectivity index (χ3v) is 3.37. The zero-order chi connectivity index (χ0) is 14.7. The average Bonchev–Trinajstić information content (AvgIpc) is 2.41. The highest BCUT2D eigenvalue weighted by Crippen LogP contribution is 2.26. The number of nitrogens with zero attached hydrogens (tertiary/aromatic N) is 1. The van der Waals surface area contributed by atoms with E-state index in [1.54, 1.807) is 6.07 Å². The van der Waals surface area contributed by atoms with Crippen LogP contribution in [0.5, 0.6) is 5.75 Å². The van der Waals surface area contributed by atoms with Crippen LogP contribution in [0.15, 0.2) is 40.9 Å². The van der Waals surface area contributed by atoms with Gasteiger partial charge in [-0.1, -0.05) is 11.6 Å². The molecular formula is C13H8BrClFNO3. The van der Waals surface area contributed by atoms with Gasteiger partial charge in [-0.25, -0.2) is 4.39 Å². The van der Waals surface area contributed by atoms with E-state index < -0.39 is 10.7 Å². The van der Waals surface area contributed by atoms with E-state index in [0.717, 1.165) is 0 Å². The minimum Gasteiger partial charge on any atom is -0.489 e. The highest BCUT2D eigenvalue weighted by Gasteiger charge is 2.14. The summed E-state index contributed by atoms with van der Waals surface area (Å²) in [6.45, 7) is -0.00838. The summed E-state index contributed by atoms with van der Waals surface area (Å²) in [5, 5.41) is 11.2. The molecule has 0 N–H and O–H groups in total. The molecule has 0 fully saturated rings. The van der Waals surface area contributed by atoms with Gasteiger partial charge in [-0.05, 0) is 46.3 Å². The molecule has 7 heteroatoms. The van der Waals surface area contributed by atoms with Crippen molar-refractivity contribution in [3.63, 3.8) is 0 Å². The molecule has 20 heavy (non-hydrogen) atoms. The quantitative estimate of drug-likeness (QED) is 0.585. The first-order valence-corrected chi connectivity index (χ1v) is 6.65. The van der Waals surface area contributed by atoms with Gasteiger partial charge in [0.25, 0.3) is 5.69 Å². The Kier molecular flexibility index (Phi) is 4.57. The number of hydrogen-bond acceptors (Lipinski definition) is 3. The second-order valence-corrected chi connectivity index (χ2v) is 5.19. The molecule has 0 spiro atoms. The number of rotatable bonds is 4. The smallest absolute Gasteiger partial charge is 0.277 e. The third kappa shape index (κ3) is 3.46. The molecule has 0 atom stereocenters. The Hall–Kier alpha value is -1.66. The minimum atomic E-state index is -0.523. The van der Waals surface area contributed by atoms with Crippen LogP contribution in [0.1, 0.15) is 5.56 Å². The molecule has 0 saturated heterocycles. The fraction of sp³-hybridized carbons (Fsp3) is 0.0769. The summed E-state index contributed by atoms with van der Waals surface area (Å²) in [6.07, 6.45) is 0. The number of nitro groups is 1. The second-order valence-electron chi connectivity index (χ2n) is 3.89. The van der Waals surface area contributed by atoms with E-state index in [0.29, 0.717) is 11.3 Å². The van der Waals surface area contributed by atoms with Crippen LogP contribution >= 0.6 is 27.5 Å². The number of ether oxygens (including phenoxy) is 1. The van der Waals surface area contributed by atoms with Gasteiger partial charge in [0, 0.05) is 11.1 Å². The molecule has 2 rings (SSSR count). The Balaban J connectivity index is 2.18. The maximum Gasteiger partial charge on any atom is 0.277 e. The van der Waals surface area contributed by atoms with E-state index in [1.807, 2.05) is 0 Å². The maximum atomic E-state index is 13.1. The zero-order valence-electron chi connectivity index (χ0n) is 9.98. The van der Waals surface area contributed by atoms with Crippen molar-refractivity contribution in [2.24, 2.45) is 0 Å². The van der Waals surface area contributed by atoms with E-state index >= 15 is 0 Å². The summed E-state index contributed by atoms with van der Waals surface area (Å²) in [5.74, 6) is -0.00246. The summed E-state index contributed by atoms with van der Waals surface area (Å²) < 4.78 is 18.7. The molecule has 104 valence electrons. The van der Waals surface area contributed by atoms with Gasteiger partial charge in [-0.3, -0.25) is 10.1 Å². The monoisotopic (exact) mass is 359 g/mol. The van der Waals surface area contributed by atoms with Crippen LogP contribution in [0.4, 0.5) is 10.1 Å². The SMILES string of the molecule is O=[N+]([O-])c1cc(Cl)ccc1COc1ccc(F)c(Br)c1. The fourth-order valence-corrected chi connectivity index (χ4v) is 2.08. The predicted octanol–water partition coefficient (Wildman–Crippen LogP) is 4.73. The lowest BCUT2D eigenvalue weighted by atomic mass is 10.2. The Bertz CT molecular complexity index is 666. The molecule has 0 bridgehead atoms. The zero-order valence-corrected chi connectivity index (χ0v) is 12.3. The van der Waals surface area contributed by atoms with Crippen molar-refractivity contribution in [1.82, 2.24) is 0 Å². The summed E-state index contributed by atoms with van der Waals surface area (Å²) in [5.41, 5.74) is 0.276. The molecule has 0 aliphatic heterocycles. The lowest BCUT2D eigenvalue weighted by Gasteiger charge is -2.07. The first kappa shape index (κ1) is 14.7. The van der Waals surface area contributed by atoms with Crippen LogP contribution in [0.3, 0.4) is 0 Å². The molecule has 2 aromatic rings. The predicted molar refractivity (Wildman–Crippen MR) is 76.5 cm³/mol. The average molecular weight is 361 g/mol. The van der Waals surface area contributed by atoms with Gasteiger partial charge in [-0.15, -0.1) is 0 Å². The minimum absolute atomic E-state index is 0.00838. The van der Waals surface area contributed by atoms with Crippen molar-refractivity contribution in [1.29, 1.82) is 0 Å². The number of hydrogen-bond donors (Lipinski definition) is 0. The lowest BCUT2D eigenvalue weighted by Crippen LogP contribution is -2.00. The van der Waals surface area contributed by atoms with Gasteiger partial charge in [-0.2, -0.15) is 0 Å². The standard InChI is InChI=1S/C13H8BrClFNO3/c14-11-6-10(3-4-12(11)16)20-7-8-1-2-9(15)5-13(8)17(18)19/h1-6H,7H2. The van der Waals surface area contributed by atoms with Gasteiger partial charge in [0.15, 0.2) is 0 Å². The lowest BCUT2D eigenvalue weighted by molar-refractivity contribution is -0.385. The molecular weight excluding hydrogens is 353 g/mol. The summed E-state index contributed by atoms with van der Waals surface area (Å²) in [4.78, 5) is 10.4. The van der Waals surface area contributed by atoms with E-state index in [-0.39, 0.29) is 21.8 Å². The molecule has 0 aromatic heterocycles. The fourth-order valence-electron chi connectivity index (χ4n) is 1.56. The van der Waals surface area contributed by atoms with Crippen molar-refractivity contribution in [2.45, 2.75) is 6.61 Å². The van der Waals surface area contributed by atoms with Crippen molar-refractivity contribution < 1.29 is 14.1 Å². The van der Waals surface area contributed by atoms with Gasteiger partial charge in [0.05, 0.1) is 15.0 Å². The van der Waals surface area contributed by atoms with E-state index in [2.05, 4.69) is 15.9 Å². The Morgan fingerprint density at radius 1 is 1.30 bits per heavy atom. The molecule has 0 saturated carbocycles. The number of nitro benzene ring substituents is 1. The molecule has 0 amide bonds. The molecule has 0 heterocycles. The van der Waals surface area contributed by atoms with Crippen LogP contribution in [0.25, 0.3) is 0 Å². The van der Waals surface area contributed by atoms with Crippen molar-refractivity contribution in [3.8, 4) is 5.75 Å². The summed E-state index contributed by atoms with van der Waals surface area (Å²) in [6, 6.07) is 8.49. The maximum absolute atomic E-state index is 13.1. The van der Waals surface area contributed by atoms with Crippen LogP contribution in [0.2, 0.25) is 5.02 Å². The normalized spacial score (nSPS) is 10.3. The number of benzene rings is 2. The topological polar surface area (TPSA) is 52.4 Å². The Morgan fingerprint density at radius 3 is 2.70 bits per heavy atom. The largest absolute Gasteiger partial charge is 0.489 e. The number of halogens is 3. The highest BCUT2D eigenvalue weighted by atomic mass is 79.9. The van der Waals surface area contributed by atoms with E-state index in [1.165, 1.54) is 30.3 Å². The van der Waals surface area contributed by atoms with Gasteiger partial charge < -0.3 is 4.74 Å². The van der Waals surface area contributed by atoms with Crippen molar-refractivity contribution >= 4 is 33.2 Å². The van der Waals surface area contributed by atoms with Gasteiger partial charge in [0.2, 0.25) is 0 Å². The van der Waals surface area contributed by atoms with Crippen LogP contribution in [-0.2, 0) is 6.61 Å². The molecule has 2 aromatic carbocycles. The third-order valence-electron chi connectivity index (χ3n) is 2.53. The summed E-state index contributed by atoms with van der Waals surface area (Å²) in [7, 11) is 0. The van der Waals surface area contributed by atoms with Crippen molar-refractivity contribution in [3.05, 3.63) is 67.4 Å². The van der Waals surface area contributed by atoms with Gasteiger partial charge in [0.1, 0.15) is 18.2 Å². The van der Waals surface area contributed by atoms with Crippen LogP contribution in [0, 0.1) is 15.9 Å². The van der Waals surface area contributed by atoms with Crippen molar-refractivity contribution in [2.75, 3.05) is 0 Å². The Morgan fingerprint density at radius 2 is 2.05 bits per heavy atom. The molecule has 0 aliphatic rings. The highest BCUT2D eigenvalue weighted by molar-refractivity contribution is 9.10.